The van der Waals surface area contributed by atoms with E-state index in [-0.39, 0.29) is 10.6 Å². The van der Waals surface area contributed by atoms with Gasteiger partial charge >= 0.3 is 5.97 Å². The predicted molar refractivity (Wildman–Crippen MR) is 54.7 cm³/mol. The van der Waals surface area contributed by atoms with Crippen LogP contribution in [0.4, 0.5) is 5.69 Å². The second kappa shape index (κ2) is 2.92. The Labute approximate surface area is 84.3 Å². The van der Waals surface area contributed by atoms with Gasteiger partial charge in [-0.15, -0.1) is 0 Å². The van der Waals surface area contributed by atoms with Crippen LogP contribution >= 0.6 is 11.6 Å². The van der Waals surface area contributed by atoms with Crippen molar-refractivity contribution in [1.29, 1.82) is 0 Å². The Hall–Kier alpha value is -1.68. The van der Waals surface area contributed by atoms with Crippen molar-refractivity contribution in [2.75, 3.05) is 5.73 Å². The molecule has 4 N–H and O–H groups in total. The Kier molecular flexibility index (Phi) is 1.86. The molecule has 72 valence electrons. The van der Waals surface area contributed by atoms with Crippen LogP contribution in [0.3, 0.4) is 0 Å². The second-order valence-electron chi connectivity index (χ2n) is 2.90. The van der Waals surface area contributed by atoms with E-state index in [1.54, 1.807) is 12.3 Å². The van der Waals surface area contributed by atoms with Gasteiger partial charge in [-0.1, -0.05) is 11.6 Å². The molecule has 0 aliphatic carbocycles. The average molecular weight is 211 g/mol. The van der Waals surface area contributed by atoms with Gasteiger partial charge in [0.05, 0.1) is 21.8 Å². The minimum Gasteiger partial charge on any atom is -0.478 e. The summed E-state index contributed by atoms with van der Waals surface area (Å²) >= 11 is 5.89. The third-order valence-corrected chi connectivity index (χ3v) is 2.45. The molecule has 4 nitrogen and oxygen atoms in total. The minimum atomic E-state index is -1.08. The zero-order chi connectivity index (χ0) is 10.3. The van der Waals surface area contributed by atoms with Crippen LogP contribution in [0, 0.1) is 0 Å². The van der Waals surface area contributed by atoms with Gasteiger partial charge in [-0.05, 0) is 12.1 Å². The van der Waals surface area contributed by atoms with Crippen LogP contribution in [-0.4, -0.2) is 16.1 Å². The predicted octanol–water partition coefficient (Wildman–Crippen LogP) is 2.10. The van der Waals surface area contributed by atoms with Crippen LogP contribution in [0.25, 0.3) is 10.9 Å². The fraction of sp³-hybridized carbons (Fsp3) is 0. The molecule has 1 heterocycles. The number of rotatable bonds is 1. The number of halogens is 1. The number of nitrogen functional groups attached to an aromatic ring is 1. The molecule has 0 saturated heterocycles. The summed E-state index contributed by atoms with van der Waals surface area (Å²) in [6.45, 7) is 0. The van der Waals surface area contributed by atoms with E-state index in [0.717, 1.165) is 0 Å². The lowest BCUT2D eigenvalue weighted by Gasteiger charge is -2.03. The van der Waals surface area contributed by atoms with Crippen molar-refractivity contribution in [3.63, 3.8) is 0 Å². The van der Waals surface area contributed by atoms with E-state index in [0.29, 0.717) is 16.6 Å². The Morgan fingerprint density at radius 2 is 2.29 bits per heavy atom. The molecule has 0 aliphatic rings. The fourth-order valence-corrected chi connectivity index (χ4v) is 1.68. The van der Waals surface area contributed by atoms with Gasteiger partial charge in [-0.25, -0.2) is 4.79 Å². The zero-order valence-electron chi connectivity index (χ0n) is 7.04. The number of anilines is 1. The van der Waals surface area contributed by atoms with Crippen LogP contribution in [0.1, 0.15) is 10.4 Å². The number of hydrogen-bond acceptors (Lipinski definition) is 2. The summed E-state index contributed by atoms with van der Waals surface area (Å²) in [5, 5.41) is 9.68. The lowest BCUT2D eigenvalue weighted by molar-refractivity contribution is 0.0697. The molecule has 2 rings (SSSR count). The van der Waals surface area contributed by atoms with Crippen LogP contribution in [-0.2, 0) is 0 Å². The molecule has 1 aromatic heterocycles. The number of carbonyl (C=O) groups is 1. The molecule has 0 fully saturated rings. The topological polar surface area (TPSA) is 79.1 Å². The molecule has 0 spiro atoms. The second-order valence-corrected chi connectivity index (χ2v) is 3.28. The number of nitrogens with two attached hydrogens (primary N) is 1. The van der Waals surface area contributed by atoms with Crippen LogP contribution < -0.4 is 5.73 Å². The molecule has 1 aromatic carbocycles. The smallest absolute Gasteiger partial charge is 0.337 e. The zero-order valence-corrected chi connectivity index (χ0v) is 7.80. The molecule has 0 aliphatic heterocycles. The van der Waals surface area contributed by atoms with Gasteiger partial charge in [-0.3, -0.25) is 0 Å². The van der Waals surface area contributed by atoms with Crippen molar-refractivity contribution in [2.24, 2.45) is 0 Å². The lowest BCUT2D eigenvalue weighted by atomic mass is 10.1. The lowest BCUT2D eigenvalue weighted by Crippen LogP contribution is -2.00. The van der Waals surface area contributed by atoms with E-state index in [1.807, 2.05) is 0 Å². The number of H-pyrrole nitrogens is 1. The van der Waals surface area contributed by atoms with E-state index in [4.69, 9.17) is 22.4 Å². The van der Waals surface area contributed by atoms with E-state index >= 15 is 0 Å². The van der Waals surface area contributed by atoms with Crippen LogP contribution in [0.2, 0.25) is 5.02 Å². The SMILES string of the molecule is Nc1cc(C(=O)O)c(Cl)c2cc[nH]c12. The summed E-state index contributed by atoms with van der Waals surface area (Å²) in [7, 11) is 0. The molecule has 2 aromatic rings. The van der Waals surface area contributed by atoms with E-state index < -0.39 is 5.97 Å². The molecule has 0 unspecified atom stereocenters. The number of aromatic nitrogens is 1. The summed E-state index contributed by atoms with van der Waals surface area (Å²) in [5.41, 5.74) is 6.73. The first-order chi connectivity index (χ1) is 6.61. The van der Waals surface area contributed by atoms with Gasteiger partial charge in [0, 0.05) is 11.6 Å². The third-order valence-electron chi connectivity index (χ3n) is 2.04. The fourth-order valence-electron chi connectivity index (χ4n) is 1.38. The van der Waals surface area contributed by atoms with Crippen molar-refractivity contribution in [3.8, 4) is 0 Å². The number of aromatic carboxylic acids is 1. The summed E-state index contributed by atoms with van der Waals surface area (Å²) in [5.74, 6) is -1.08. The first-order valence-electron chi connectivity index (χ1n) is 3.89. The van der Waals surface area contributed by atoms with Gasteiger partial charge in [0.2, 0.25) is 0 Å². The Morgan fingerprint density at radius 3 is 2.93 bits per heavy atom. The molecule has 0 amide bonds. The molecular formula is C9H7ClN2O2. The number of carboxylic acid groups (broad SMARTS) is 1. The number of fused-ring (bicyclic) bond motifs is 1. The number of aromatic amines is 1. The Bertz CT molecular complexity index is 519. The van der Waals surface area contributed by atoms with Crippen molar-refractivity contribution in [2.45, 2.75) is 0 Å². The highest BCUT2D eigenvalue weighted by molar-refractivity contribution is 6.38. The van der Waals surface area contributed by atoms with E-state index in [1.165, 1.54) is 6.07 Å². The van der Waals surface area contributed by atoms with Gasteiger partial charge in [0.1, 0.15) is 0 Å². The maximum absolute atomic E-state index is 10.8. The highest BCUT2D eigenvalue weighted by Gasteiger charge is 2.14. The number of carboxylic acids is 1. The van der Waals surface area contributed by atoms with Gasteiger partial charge in [0.15, 0.2) is 0 Å². The van der Waals surface area contributed by atoms with Crippen LogP contribution in [0.15, 0.2) is 18.3 Å². The van der Waals surface area contributed by atoms with Crippen molar-refractivity contribution >= 4 is 34.2 Å². The number of hydrogen-bond donors (Lipinski definition) is 3. The molecule has 14 heavy (non-hydrogen) atoms. The van der Waals surface area contributed by atoms with E-state index in [9.17, 15) is 4.79 Å². The van der Waals surface area contributed by atoms with Crippen molar-refractivity contribution in [3.05, 3.63) is 28.9 Å². The Balaban J connectivity index is 2.88. The third kappa shape index (κ3) is 1.12. The largest absolute Gasteiger partial charge is 0.478 e. The van der Waals surface area contributed by atoms with Gasteiger partial charge in [-0.2, -0.15) is 0 Å². The summed E-state index contributed by atoms with van der Waals surface area (Å²) in [4.78, 5) is 13.7. The summed E-state index contributed by atoms with van der Waals surface area (Å²) in [6, 6.07) is 3.05. The highest BCUT2D eigenvalue weighted by atomic mass is 35.5. The molecule has 0 saturated carbocycles. The number of nitrogens with one attached hydrogen (secondary N) is 1. The maximum Gasteiger partial charge on any atom is 0.337 e. The standard InChI is InChI=1S/C9H7ClN2O2/c10-7-4-1-2-12-8(4)6(11)3-5(7)9(13)14/h1-3,12H,11H2,(H,13,14). The molecular weight excluding hydrogens is 204 g/mol. The molecule has 0 atom stereocenters. The van der Waals surface area contributed by atoms with Crippen molar-refractivity contribution in [1.82, 2.24) is 4.98 Å². The van der Waals surface area contributed by atoms with Crippen molar-refractivity contribution < 1.29 is 9.90 Å². The average Bonchev–Trinajstić information content (AvgIpc) is 2.59. The highest BCUT2D eigenvalue weighted by Crippen LogP contribution is 2.30. The van der Waals surface area contributed by atoms with E-state index in [2.05, 4.69) is 4.98 Å². The first-order valence-corrected chi connectivity index (χ1v) is 4.27. The van der Waals surface area contributed by atoms with Gasteiger partial charge < -0.3 is 15.8 Å². The normalized spacial score (nSPS) is 10.6. The monoisotopic (exact) mass is 210 g/mol. The molecule has 0 radical (unpaired) electrons. The maximum atomic E-state index is 10.8. The van der Waals surface area contributed by atoms with Crippen LogP contribution in [0.5, 0.6) is 0 Å². The summed E-state index contributed by atoms with van der Waals surface area (Å²) < 4.78 is 0. The van der Waals surface area contributed by atoms with Gasteiger partial charge in [0.25, 0.3) is 0 Å². The minimum absolute atomic E-state index is 0.0243. The number of benzene rings is 1. The first kappa shape index (κ1) is 8.90. The molecule has 5 heteroatoms. The molecule has 0 bridgehead atoms. The Morgan fingerprint density at radius 1 is 1.57 bits per heavy atom. The quantitative estimate of drug-likeness (QED) is 0.631. The summed E-state index contributed by atoms with van der Waals surface area (Å²) in [6.07, 6.45) is 1.67.